The van der Waals surface area contributed by atoms with Gasteiger partial charge in [0.2, 0.25) is 5.91 Å². The highest BCUT2D eigenvalue weighted by atomic mass is 35.5. The average molecular weight is 659 g/mol. The Morgan fingerprint density at radius 2 is 1.98 bits per heavy atom. The van der Waals surface area contributed by atoms with E-state index in [1.807, 2.05) is 30.3 Å². The van der Waals surface area contributed by atoms with E-state index in [1.54, 1.807) is 37.6 Å². The van der Waals surface area contributed by atoms with Crippen LogP contribution in [-0.2, 0) is 25.5 Å². The normalized spacial score (nSPS) is 16.4. The van der Waals surface area contributed by atoms with Gasteiger partial charge in [0.15, 0.2) is 0 Å². The van der Waals surface area contributed by atoms with Crippen LogP contribution in [0.1, 0.15) is 48.5 Å². The molecule has 2 aromatic carbocycles. The number of esters is 1. The first kappa shape index (κ1) is 33.7. The van der Waals surface area contributed by atoms with E-state index in [4.69, 9.17) is 21.1 Å². The van der Waals surface area contributed by atoms with Gasteiger partial charge in [0.05, 0.1) is 37.6 Å². The second-order valence-electron chi connectivity index (χ2n) is 11.3. The van der Waals surface area contributed by atoms with Crippen molar-refractivity contribution in [2.45, 2.75) is 44.2 Å². The molecule has 0 spiro atoms. The molecule has 5 rings (SSSR count). The van der Waals surface area contributed by atoms with Crippen LogP contribution in [0.3, 0.4) is 0 Å². The fourth-order valence-electron chi connectivity index (χ4n) is 5.57. The molecule has 2 atom stereocenters. The Balaban J connectivity index is 1.41. The summed E-state index contributed by atoms with van der Waals surface area (Å²) in [6.07, 6.45) is 10.1. The smallest absolute Gasteiger partial charge is 0.309 e. The van der Waals surface area contributed by atoms with Crippen molar-refractivity contribution >= 4 is 35.2 Å². The fourth-order valence-corrected chi connectivity index (χ4v) is 5.75. The van der Waals surface area contributed by atoms with Gasteiger partial charge >= 0.3 is 5.97 Å². The average Bonchev–Trinajstić information content (AvgIpc) is 3.61. The van der Waals surface area contributed by atoms with Crippen molar-refractivity contribution < 1.29 is 19.1 Å². The summed E-state index contributed by atoms with van der Waals surface area (Å²) < 4.78 is 11.6. The topological polar surface area (TPSA) is 145 Å². The standard InChI is InChI=1S/C34H39ClN8O4/c1-46-16-15-36-21-27-5-3-4-6-29(40-33(44)12-8-25-19-26(35)9-11-32(25)43-22-38-41-42-43)31-20-24(13-14-37-31)28-10-7-23(17-30(28)39-27)18-34(45)47-2/h7-14,17,19-20,22,27,29,36,39H,3-6,15-16,18,21H2,1-2H3,(H,40,44)/b12-8+/t27-,29+/m1/s1. The Morgan fingerprint density at radius 1 is 1.11 bits per heavy atom. The molecule has 3 heterocycles. The molecular formula is C34H39ClN8O4. The number of aromatic nitrogens is 5. The summed E-state index contributed by atoms with van der Waals surface area (Å²) in [6.45, 7) is 2.11. The number of hydrogen-bond donors (Lipinski definition) is 3. The lowest BCUT2D eigenvalue weighted by molar-refractivity contribution is -0.139. The summed E-state index contributed by atoms with van der Waals surface area (Å²) in [5.41, 5.74) is 5.86. The predicted octanol–water partition coefficient (Wildman–Crippen LogP) is 4.55. The van der Waals surface area contributed by atoms with Gasteiger partial charge < -0.3 is 25.4 Å². The molecule has 4 aromatic rings. The van der Waals surface area contributed by atoms with E-state index in [0.717, 1.165) is 66.8 Å². The number of fused-ring (bicyclic) bond motifs is 4. The first-order valence-corrected chi connectivity index (χ1v) is 15.9. The van der Waals surface area contributed by atoms with E-state index >= 15 is 0 Å². The number of benzene rings is 2. The highest BCUT2D eigenvalue weighted by Gasteiger charge is 2.20. The minimum atomic E-state index is -0.307. The molecule has 246 valence electrons. The van der Waals surface area contributed by atoms with Gasteiger partial charge in [0.25, 0.3) is 0 Å². The van der Waals surface area contributed by atoms with Crippen molar-refractivity contribution in [3.63, 3.8) is 0 Å². The number of tetrazole rings is 1. The lowest BCUT2D eigenvalue weighted by Gasteiger charge is -2.25. The van der Waals surface area contributed by atoms with Gasteiger partial charge in [-0.25, -0.2) is 0 Å². The molecule has 1 aliphatic heterocycles. The minimum Gasteiger partial charge on any atom is -0.469 e. The van der Waals surface area contributed by atoms with Crippen LogP contribution in [0.5, 0.6) is 0 Å². The molecule has 2 aromatic heterocycles. The van der Waals surface area contributed by atoms with Crippen LogP contribution in [0, 0.1) is 0 Å². The van der Waals surface area contributed by atoms with Crippen molar-refractivity contribution in [2.75, 3.05) is 39.2 Å². The molecule has 0 aliphatic carbocycles. The SMILES string of the molecule is COCCNC[C@H]1CCCC[C@H](NC(=O)/C=C/c2cc(Cl)ccc2-n2cnnn2)c2cc(ccn2)-c2ccc(CC(=O)OC)cc2N1. The van der Waals surface area contributed by atoms with Crippen LogP contribution in [0.2, 0.25) is 5.02 Å². The Bertz CT molecular complexity index is 1680. The van der Waals surface area contributed by atoms with Gasteiger partial charge in [-0.15, -0.1) is 5.10 Å². The zero-order valence-corrected chi connectivity index (χ0v) is 27.2. The van der Waals surface area contributed by atoms with Crippen molar-refractivity contribution in [1.29, 1.82) is 0 Å². The fraction of sp³-hybridized carbons (Fsp3) is 0.353. The van der Waals surface area contributed by atoms with Crippen LogP contribution in [-0.4, -0.2) is 77.0 Å². The molecule has 0 fully saturated rings. The highest BCUT2D eigenvalue weighted by Crippen LogP contribution is 2.33. The van der Waals surface area contributed by atoms with Gasteiger partial charge in [-0.05, 0) is 76.9 Å². The number of methoxy groups -OCH3 is 2. The number of nitrogens with zero attached hydrogens (tertiary/aromatic N) is 5. The molecule has 12 nitrogen and oxygen atoms in total. The van der Waals surface area contributed by atoms with E-state index in [2.05, 4.69) is 36.5 Å². The Morgan fingerprint density at radius 3 is 2.79 bits per heavy atom. The molecule has 2 bridgehead atoms. The van der Waals surface area contributed by atoms with Gasteiger partial charge in [-0.3, -0.25) is 14.6 Å². The molecule has 1 aliphatic rings. The first-order chi connectivity index (χ1) is 22.9. The molecular weight excluding hydrogens is 620 g/mol. The number of ether oxygens (including phenoxy) is 2. The quantitative estimate of drug-likeness (QED) is 0.119. The number of pyridine rings is 1. The Kier molecular flexibility index (Phi) is 12.0. The van der Waals surface area contributed by atoms with Crippen LogP contribution in [0.4, 0.5) is 5.69 Å². The van der Waals surface area contributed by atoms with Gasteiger partial charge in [-0.1, -0.05) is 36.6 Å². The number of hydrogen-bond acceptors (Lipinski definition) is 10. The lowest BCUT2D eigenvalue weighted by atomic mass is 9.95. The van der Waals surface area contributed by atoms with Crippen molar-refractivity contribution in [3.05, 3.63) is 89.0 Å². The van der Waals surface area contributed by atoms with Crippen LogP contribution < -0.4 is 16.0 Å². The van der Waals surface area contributed by atoms with Crippen LogP contribution >= 0.6 is 11.6 Å². The van der Waals surface area contributed by atoms with E-state index in [9.17, 15) is 9.59 Å². The van der Waals surface area contributed by atoms with Crippen molar-refractivity contribution in [1.82, 2.24) is 35.8 Å². The number of carbonyl (C=O) groups is 2. The zero-order chi connectivity index (χ0) is 33.0. The summed E-state index contributed by atoms with van der Waals surface area (Å²) in [5.74, 6) is -0.552. The first-order valence-electron chi connectivity index (χ1n) is 15.6. The highest BCUT2D eigenvalue weighted by molar-refractivity contribution is 6.30. The van der Waals surface area contributed by atoms with Crippen molar-refractivity contribution in [2.24, 2.45) is 0 Å². The third-order valence-electron chi connectivity index (χ3n) is 7.95. The number of halogens is 1. The van der Waals surface area contributed by atoms with Gasteiger partial charge in [-0.2, -0.15) is 4.68 Å². The number of carbonyl (C=O) groups excluding carboxylic acids is 2. The second-order valence-corrected chi connectivity index (χ2v) is 11.7. The molecule has 3 N–H and O–H groups in total. The maximum absolute atomic E-state index is 13.3. The summed E-state index contributed by atoms with van der Waals surface area (Å²) in [6, 6.07) is 15.1. The molecule has 0 unspecified atom stereocenters. The monoisotopic (exact) mass is 658 g/mol. The van der Waals surface area contributed by atoms with Crippen molar-refractivity contribution in [3.8, 4) is 16.8 Å². The molecule has 0 saturated heterocycles. The molecule has 1 amide bonds. The number of amides is 1. The van der Waals surface area contributed by atoms with E-state index in [0.29, 0.717) is 22.9 Å². The molecule has 47 heavy (non-hydrogen) atoms. The lowest BCUT2D eigenvalue weighted by Crippen LogP contribution is -2.35. The van der Waals surface area contributed by atoms with Crippen LogP contribution in [0.25, 0.3) is 22.9 Å². The van der Waals surface area contributed by atoms with Gasteiger partial charge in [0.1, 0.15) is 6.33 Å². The van der Waals surface area contributed by atoms with E-state index in [-0.39, 0.29) is 30.4 Å². The number of nitrogens with one attached hydrogen (secondary N) is 3. The third-order valence-corrected chi connectivity index (χ3v) is 8.19. The summed E-state index contributed by atoms with van der Waals surface area (Å²) in [7, 11) is 3.08. The van der Waals surface area contributed by atoms with E-state index in [1.165, 1.54) is 24.2 Å². The molecule has 0 saturated carbocycles. The van der Waals surface area contributed by atoms with E-state index < -0.39 is 0 Å². The molecule has 0 radical (unpaired) electrons. The number of rotatable bonds is 11. The summed E-state index contributed by atoms with van der Waals surface area (Å²) in [5, 5.41) is 22.3. The Hall–Kier alpha value is -4.65. The largest absolute Gasteiger partial charge is 0.469 e. The third kappa shape index (κ3) is 9.44. The summed E-state index contributed by atoms with van der Waals surface area (Å²) in [4.78, 5) is 30.1. The maximum Gasteiger partial charge on any atom is 0.309 e. The van der Waals surface area contributed by atoms with Gasteiger partial charge in [0, 0.05) is 60.4 Å². The van der Waals surface area contributed by atoms with Crippen LogP contribution in [0.15, 0.2) is 67.1 Å². The predicted molar refractivity (Wildman–Crippen MR) is 180 cm³/mol. The maximum atomic E-state index is 13.3. The minimum absolute atomic E-state index is 0.128. The summed E-state index contributed by atoms with van der Waals surface area (Å²) >= 11 is 6.26. The Labute approximate surface area is 278 Å². The number of anilines is 1. The zero-order valence-electron chi connectivity index (χ0n) is 26.5. The molecule has 13 heteroatoms. The second kappa shape index (κ2) is 16.8.